The zero-order valence-corrected chi connectivity index (χ0v) is 14.1. The molecule has 1 aliphatic heterocycles. The van der Waals surface area contributed by atoms with Crippen LogP contribution in [0.3, 0.4) is 0 Å². The van der Waals surface area contributed by atoms with E-state index < -0.39 is 0 Å². The lowest BCUT2D eigenvalue weighted by Crippen LogP contribution is -2.32. The first kappa shape index (κ1) is 15.3. The first-order chi connectivity index (χ1) is 11.6. The number of carbonyl (C=O) groups excluding carboxylic acids is 1. The van der Waals surface area contributed by atoms with Crippen molar-refractivity contribution in [2.75, 3.05) is 13.1 Å². The fraction of sp³-hybridized carbons (Fsp3) is 0.381. The van der Waals surface area contributed by atoms with Crippen molar-refractivity contribution in [3.8, 4) is 5.75 Å². The maximum atomic E-state index is 12.6. The number of carbonyl (C=O) groups is 1. The van der Waals surface area contributed by atoms with Gasteiger partial charge < -0.3 is 9.64 Å². The predicted molar refractivity (Wildman–Crippen MR) is 93.7 cm³/mol. The summed E-state index contributed by atoms with van der Waals surface area (Å²) in [5.74, 6) is 1.76. The second kappa shape index (κ2) is 5.97. The number of ether oxygens (including phenoxy) is 1. The van der Waals surface area contributed by atoms with Gasteiger partial charge in [0.05, 0.1) is 6.42 Å². The molecule has 1 saturated carbocycles. The van der Waals surface area contributed by atoms with Crippen molar-refractivity contribution in [1.82, 2.24) is 4.90 Å². The van der Waals surface area contributed by atoms with E-state index in [-0.39, 0.29) is 5.91 Å². The fourth-order valence-corrected chi connectivity index (χ4v) is 3.74. The molecule has 3 heteroatoms. The van der Waals surface area contributed by atoms with Gasteiger partial charge in [-0.15, -0.1) is 0 Å². The Morgan fingerprint density at radius 3 is 2.67 bits per heavy atom. The molecular formula is C21H23NO2. The Kier molecular flexibility index (Phi) is 3.79. The number of piperidine rings is 1. The molecule has 1 amide bonds. The van der Waals surface area contributed by atoms with Gasteiger partial charge in [0, 0.05) is 18.7 Å². The Labute approximate surface area is 143 Å². The maximum absolute atomic E-state index is 12.6. The lowest BCUT2D eigenvalue weighted by molar-refractivity contribution is -0.130. The van der Waals surface area contributed by atoms with Crippen LogP contribution in [0.4, 0.5) is 0 Å². The Balaban J connectivity index is 1.41. The summed E-state index contributed by atoms with van der Waals surface area (Å²) in [7, 11) is 0. The topological polar surface area (TPSA) is 29.5 Å². The van der Waals surface area contributed by atoms with E-state index in [0.717, 1.165) is 35.9 Å². The smallest absolute Gasteiger partial charge is 0.227 e. The van der Waals surface area contributed by atoms with E-state index in [0.29, 0.717) is 18.4 Å². The van der Waals surface area contributed by atoms with Gasteiger partial charge in [0.1, 0.15) is 12.4 Å². The molecule has 2 aliphatic rings. The second-order valence-electron chi connectivity index (χ2n) is 7.39. The van der Waals surface area contributed by atoms with Crippen LogP contribution >= 0.6 is 0 Å². The third-order valence-corrected chi connectivity index (χ3v) is 5.44. The number of fused-ring (bicyclic) bond motifs is 1. The van der Waals surface area contributed by atoms with Crippen molar-refractivity contribution in [1.29, 1.82) is 0 Å². The van der Waals surface area contributed by atoms with E-state index in [1.165, 1.54) is 6.42 Å². The largest absolute Gasteiger partial charge is 0.489 e. The summed E-state index contributed by atoms with van der Waals surface area (Å²) in [6.07, 6.45) is 1.71. The van der Waals surface area contributed by atoms with Crippen molar-refractivity contribution in [2.45, 2.75) is 26.4 Å². The SMILES string of the molecule is CC12CC1CN(C(=O)Cc1ccccc1OCc1ccccc1)C2. The van der Waals surface area contributed by atoms with Crippen molar-refractivity contribution >= 4 is 5.91 Å². The molecule has 124 valence electrons. The summed E-state index contributed by atoms with van der Waals surface area (Å²) in [6, 6.07) is 18.0. The van der Waals surface area contributed by atoms with Gasteiger partial charge in [-0.1, -0.05) is 55.5 Å². The average Bonchev–Trinajstić information content (AvgIpc) is 3.11. The molecule has 2 aromatic rings. The minimum Gasteiger partial charge on any atom is -0.489 e. The van der Waals surface area contributed by atoms with Crippen LogP contribution in [-0.4, -0.2) is 23.9 Å². The van der Waals surface area contributed by atoms with Crippen LogP contribution in [0, 0.1) is 11.3 Å². The van der Waals surface area contributed by atoms with Crippen LogP contribution < -0.4 is 4.74 Å². The van der Waals surface area contributed by atoms with Crippen LogP contribution in [0.15, 0.2) is 54.6 Å². The van der Waals surface area contributed by atoms with Crippen LogP contribution in [0.1, 0.15) is 24.5 Å². The monoisotopic (exact) mass is 321 g/mol. The van der Waals surface area contributed by atoms with Crippen LogP contribution in [-0.2, 0) is 17.8 Å². The molecule has 3 nitrogen and oxygen atoms in total. The Morgan fingerprint density at radius 2 is 1.92 bits per heavy atom. The van der Waals surface area contributed by atoms with Gasteiger partial charge >= 0.3 is 0 Å². The summed E-state index contributed by atoms with van der Waals surface area (Å²) >= 11 is 0. The fourth-order valence-electron chi connectivity index (χ4n) is 3.74. The van der Waals surface area contributed by atoms with Gasteiger partial charge in [0.15, 0.2) is 0 Å². The van der Waals surface area contributed by atoms with Gasteiger partial charge in [-0.3, -0.25) is 4.79 Å². The number of amides is 1. The summed E-state index contributed by atoms with van der Waals surface area (Å²) in [4.78, 5) is 14.6. The van der Waals surface area contributed by atoms with Crippen molar-refractivity contribution in [3.05, 3.63) is 65.7 Å². The van der Waals surface area contributed by atoms with E-state index >= 15 is 0 Å². The molecule has 1 aliphatic carbocycles. The zero-order chi connectivity index (χ0) is 16.6. The lowest BCUT2D eigenvalue weighted by Gasteiger charge is -2.20. The molecule has 0 radical (unpaired) electrons. The number of hydrogen-bond donors (Lipinski definition) is 0. The Hall–Kier alpha value is -2.29. The Morgan fingerprint density at radius 1 is 1.17 bits per heavy atom. The number of hydrogen-bond acceptors (Lipinski definition) is 2. The molecule has 2 atom stereocenters. The first-order valence-corrected chi connectivity index (χ1v) is 8.66. The molecule has 0 N–H and O–H groups in total. The number of benzene rings is 2. The highest BCUT2D eigenvalue weighted by molar-refractivity contribution is 5.80. The van der Waals surface area contributed by atoms with E-state index in [1.54, 1.807) is 0 Å². The first-order valence-electron chi connectivity index (χ1n) is 8.66. The van der Waals surface area contributed by atoms with Crippen LogP contribution in [0.25, 0.3) is 0 Å². The minimum atomic E-state index is 0.221. The highest BCUT2D eigenvalue weighted by atomic mass is 16.5. The number of para-hydroxylation sites is 1. The molecule has 2 fully saturated rings. The summed E-state index contributed by atoms with van der Waals surface area (Å²) in [5, 5.41) is 0. The van der Waals surface area contributed by atoms with Gasteiger partial charge in [0.25, 0.3) is 0 Å². The molecule has 2 unspecified atom stereocenters. The molecule has 0 aromatic heterocycles. The molecule has 2 aromatic carbocycles. The summed E-state index contributed by atoms with van der Waals surface area (Å²) < 4.78 is 5.97. The van der Waals surface area contributed by atoms with Crippen molar-refractivity contribution in [3.63, 3.8) is 0 Å². The van der Waals surface area contributed by atoms with E-state index in [2.05, 4.69) is 6.92 Å². The summed E-state index contributed by atoms with van der Waals surface area (Å²) in [5.41, 5.74) is 2.51. The number of likely N-dealkylation sites (tertiary alicyclic amines) is 1. The van der Waals surface area contributed by atoms with Crippen LogP contribution in [0.5, 0.6) is 5.75 Å². The molecular weight excluding hydrogens is 298 g/mol. The number of rotatable bonds is 5. The lowest BCUT2D eigenvalue weighted by atomic mass is 10.1. The molecule has 1 heterocycles. The molecule has 0 spiro atoms. The van der Waals surface area contributed by atoms with Crippen molar-refractivity contribution in [2.24, 2.45) is 11.3 Å². The Bertz CT molecular complexity index is 743. The molecule has 1 saturated heterocycles. The maximum Gasteiger partial charge on any atom is 0.227 e. The highest BCUT2D eigenvalue weighted by Gasteiger charge is 2.57. The standard InChI is InChI=1S/C21H23NO2/c1-21-12-18(21)13-22(15-21)20(23)11-17-9-5-6-10-19(17)24-14-16-7-3-2-4-8-16/h2-10,18H,11-15H2,1H3. The normalized spacial score (nSPS) is 24.5. The van der Waals surface area contributed by atoms with Gasteiger partial charge in [0.2, 0.25) is 5.91 Å². The van der Waals surface area contributed by atoms with E-state index in [1.807, 2.05) is 59.5 Å². The second-order valence-corrected chi connectivity index (χ2v) is 7.39. The molecule has 0 bridgehead atoms. The van der Waals surface area contributed by atoms with E-state index in [9.17, 15) is 4.79 Å². The zero-order valence-electron chi connectivity index (χ0n) is 14.1. The quantitative estimate of drug-likeness (QED) is 0.841. The molecule has 24 heavy (non-hydrogen) atoms. The predicted octanol–water partition coefficient (Wildman–Crippen LogP) is 3.68. The van der Waals surface area contributed by atoms with E-state index in [4.69, 9.17) is 4.74 Å². The third kappa shape index (κ3) is 3.03. The molecule has 4 rings (SSSR count). The van der Waals surface area contributed by atoms with Gasteiger partial charge in [-0.25, -0.2) is 0 Å². The average molecular weight is 321 g/mol. The van der Waals surface area contributed by atoms with Gasteiger partial charge in [-0.2, -0.15) is 0 Å². The van der Waals surface area contributed by atoms with Crippen LogP contribution in [0.2, 0.25) is 0 Å². The van der Waals surface area contributed by atoms with Gasteiger partial charge in [-0.05, 0) is 29.4 Å². The van der Waals surface area contributed by atoms with Crippen molar-refractivity contribution < 1.29 is 9.53 Å². The third-order valence-electron chi connectivity index (χ3n) is 5.44. The summed E-state index contributed by atoms with van der Waals surface area (Å²) in [6.45, 7) is 4.67. The highest BCUT2D eigenvalue weighted by Crippen LogP contribution is 2.57. The number of nitrogens with zero attached hydrogens (tertiary/aromatic N) is 1. The minimum absolute atomic E-state index is 0.221.